The first-order valence-electron chi connectivity index (χ1n) is 8.87. The monoisotopic (exact) mass is 628 g/mol. The molecule has 0 unspecified atom stereocenters. The molecule has 9 heteroatoms. The number of aromatic amines is 1. The standard InChI is InChI=1S/C21H15FI2N4O2/c1-10-17-18(14(8-25)20(26)30-21(17)28-27-10)12-6-15(23)19(16(24)7-12)29-9-11-2-4-13(22)5-3-11/h2-7,18H,9,26H2,1H3,(H,27,28)/t18-/m1/s1. The van der Waals surface area contributed by atoms with E-state index in [-0.39, 0.29) is 17.6 Å². The molecule has 0 fully saturated rings. The Morgan fingerprint density at radius 1 is 1.27 bits per heavy atom. The van der Waals surface area contributed by atoms with Crippen molar-refractivity contribution in [3.63, 3.8) is 0 Å². The summed E-state index contributed by atoms with van der Waals surface area (Å²) in [6.45, 7) is 2.21. The summed E-state index contributed by atoms with van der Waals surface area (Å²) in [5, 5.41) is 16.8. The highest BCUT2D eigenvalue weighted by atomic mass is 127. The van der Waals surface area contributed by atoms with Gasteiger partial charge in [0, 0.05) is 11.3 Å². The van der Waals surface area contributed by atoms with Gasteiger partial charge in [-0.25, -0.2) is 4.39 Å². The molecule has 0 saturated heterocycles. The molecule has 2 aromatic carbocycles. The molecule has 30 heavy (non-hydrogen) atoms. The molecule has 0 bridgehead atoms. The molecule has 1 atom stereocenters. The molecule has 152 valence electrons. The van der Waals surface area contributed by atoms with Crippen molar-refractivity contribution in [2.45, 2.75) is 19.4 Å². The highest BCUT2D eigenvalue weighted by Crippen LogP contribution is 2.44. The number of nitrogens with one attached hydrogen (secondary N) is 1. The molecular formula is C21H15FI2N4O2. The Morgan fingerprint density at radius 3 is 2.57 bits per heavy atom. The van der Waals surface area contributed by atoms with E-state index in [4.69, 9.17) is 15.2 Å². The van der Waals surface area contributed by atoms with Gasteiger partial charge in [0.25, 0.3) is 0 Å². The molecule has 2 heterocycles. The molecule has 3 N–H and O–H groups in total. The number of ether oxygens (including phenoxy) is 2. The zero-order valence-corrected chi connectivity index (χ0v) is 20.0. The van der Waals surface area contributed by atoms with E-state index in [9.17, 15) is 9.65 Å². The van der Waals surface area contributed by atoms with Crippen molar-refractivity contribution in [3.05, 3.63) is 83.2 Å². The van der Waals surface area contributed by atoms with Crippen LogP contribution in [0.3, 0.4) is 0 Å². The second kappa shape index (κ2) is 8.43. The second-order valence-corrected chi connectivity index (χ2v) is 9.05. The maximum absolute atomic E-state index is 13.1. The first kappa shape index (κ1) is 20.9. The SMILES string of the molecule is Cc1[nH]nc2c1[C@H](c1cc(I)c(OCc3ccc(F)cc3)c(I)c1)C(C#N)=C(N)O2. The molecule has 0 amide bonds. The number of nitrogens with zero attached hydrogens (tertiary/aromatic N) is 2. The zero-order valence-electron chi connectivity index (χ0n) is 15.7. The van der Waals surface area contributed by atoms with Crippen LogP contribution in [0.2, 0.25) is 0 Å². The number of rotatable bonds is 4. The maximum Gasteiger partial charge on any atom is 0.244 e. The fourth-order valence-corrected chi connectivity index (χ4v) is 5.48. The Labute approximate surface area is 199 Å². The van der Waals surface area contributed by atoms with E-state index in [0.717, 1.165) is 35.3 Å². The molecule has 0 radical (unpaired) electrons. The number of halogens is 3. The van der Waals surface area contributed by atoms with Crippen LogP contribution in [-0.4, -0.2) is 10.2 Å². The zero-order chi connectivity index (χ0) is 21.4. The van der Waals surface area contributed by atoms with E-state index < -0.39 is 0 Å². The van der Waals surface area contributed by atoms with Crippen molar-refractivity contribution in [1.82, 2.24) is 10.2 Å². The van der Waals surface area contributed by atoms with E-state index in [1.807, 2.05) is 19.1 Å². The normalized spacial score (nSPS) is 15.4. The number of fused-ring (bicyclic) bond motifs is 1. The summed E-state index contributed by atoms with van der Waals surface area (Å²) in [6, 6.07) is 12.3. The highest BCUT2D eigenvalue weighted by molar-refractivity contribution is 14.1. The summed E-state index contributed by atoms with van der Waals surface area (Å²) in [4.78, 5) is 0. The maximum atomic E-state index is 13.1. The number of allylic oxidation sites excluding steroid dienone is 1. The predicted molar refractivity (Wildman–Crippen MR) is 125 cm³/mol. The fourth-order valence-electron chi connectivity index (χ4n) is 3.35. The lowest BCUT2D eigenvalue weighted by Crippen LogP contribution is -2.21. The molecular weight excluding hydrogens is 613 g/mol. The number of H-pyrrole nitrogens is 1. The van der Waals surface area contributed by atoms with Crippen molar-refractivity contribution in [1.29, 1.82) is 5.26 Å². The van der Waals surface area contributed by atoms with Gasteiger partial charge in [-0.15, -0.1) is 5.10 Å². The number of nitriles is 1. The number of nitrogens with two attached hydrogens (primary N) is 1. The summed E-state index contributed by atoms with van der Waals surface area (Å²) in [5.74, 6) is 0.513. The lowest BCUT2D eigenvalue weighted by Gasteiger charge is -2.24. The molecule has 1 aliphatic rings. The van der Waals surface area contributed by atoms with E-state index in [0.29, 0.717) is 18.1 Å². The van der Waals surface area contributed by atoms with Gasteiger partial charge in [-0.3, -0.25) is 5.10 Å². The molecule has 1 aliphatic heterocycles. The number of aryl methyl sites for hydroxylation is 1. The van der Waals surface area contributed by atoms with E-state index in [1.165, 1.54) is 12.1 Å². The third kappa shape index (κ3) is 3.85. The van der Waals surface area contributed by atoms with Gasteiger partial charge >= 0.3 is 0 Å². The average Bonchev–Trinajstić information content (AvgIpc) is 3.07. The van der Waals surface area contributed by atoms with E-state index >= 15 is 0 Å². The Bertz CT molecular complexity index is 1180. The quantitative estimate of drug-likeness (QED) is 0.403. The molecule has 6 nitrogen and oxygen atoms in total. The lowest BCUT2D eigenvalue weighted by atomic mass is 9.84. The van der Waals surface area contributed by atoms with Crippen molar-refractivity contribution in [2.75, 3.05) is 0 Å². The molecule has 3 aromatic rings. The van der Waals surface area contributed by atoms with Crippen LogP contribution in [0, 0.1) is 31.2 Å². The van der Waals surface area contributed by atoms with Crippen molar-refractivity contribution >= 4 is 45.2 Å². The Balaban J connectivity index is 1.70. The first-order chi connectivity index (χ1) is 14.4. The van der Waals surface area contributed by atoms with Crippen LogP contribution in [0.4, 0.5) is 4.39 Å². The smallest absolute Gasteiger partial charge is 0.244 e. The second-order valence-electron chi connectivity index (χ2n) is 6.72. The minimum absolute atomic E-state index is 0.0585. The Kier molecular flexibility index (Phi) is 5.88. The van der Waals surface area contributed by atoms with Crippen molar-refractivity contribution in [2.24, 2.45) is 5.73 Å². The average molecular weight is 628 g/mol. The Morgan fingerprint density at radius 2 is 1.93 bits per heavy atom. The van der Waals surface area contributed by atoms with Gasteiger partial charge in [0.1, 0.15) is 29.8 Å². The van der Waals surface area contributed by atoms with E-state index in [2.05, 4.69) is 61.4 Å². The summed E-state index contributed by atoms with van der Waals surface area (Å²) in [6.07, 6.45) is 0. The summed E-state index contributed by atoms with van der Waals surface area (Å²) < 4.78 is 26.4. The Hall–Kier alpha value is -2.33. The van der Waals surface area contributed by atoms with Crippen LogP contribution < -0.4 is 15.2 Å². The number of benzene rings is 2. The minimum atomic E-state index is -0.384. The van der Waals surface area contributed by atoms with Gasteiger partial charge < -0.3 is 15.2 Å². The lowest BCUT2D eigenvalue weighted by molar-refractivity contribution is 0.301. The third-order valence-electron chi connectivity index (χ3n) is 4.78. The van der Waals surface area contributed by atoms with Gasteiger partial charge in [-0.1, -0.05) is 12.1 Å². The molecule has 0 saturated carbocycles. The van der Waals surface area contributed by atoms with Gasteiger partial charge in [-0.2, -0.15) is 5.26 Å². The third-order valence-corrected chi connectivity index (χ3v) is 6.38. The number of hydrogen-bond acceptors (Lipinski definition) is 5. The molecule has 4 rings (SSSR count). The number of aromatic nitrogens is 2. The molecule has 0 aliphatic carbocycles. The van der Waals surface area contributed by atoms with Crippen LogP contribution in [0.5, 0.6) is 11.6 Å². The summed E-state index contributed by atoms with van der Waals surface area (Å²) in [5.41, 5.74) is 9.72. The minimum Gasteiger partial charge on any atom is -0.487 e. The van der Waals surface area contributed by atoms with Crippen LogP contribution in [0.25, 0.3) is 0 Å². The van der Waals surface area contributed by atoms with Crippen molar-refractivity contribution in [3.8, 4) is 17.7 Å². The largest absolute Gasteiger partial charge is 0.487 e. The van der Waals surface area contributed by atoms with Crippen LogP contribution in [0.1, 0.15) is 28.3 Å². The predicted octanol–water partition coefficient (Wildman–Crippen LogP) is 4.86. The van der Waals surface area contributed by atoms with Crippen LogP contribution in [0.15, 0.2) is 47.9 Å². The first-order valence-corrected chi connectivity index (χ1v) is 11.0. The van der Waals surface area contributed by atoms with Crippen LogP contribution >= 0.6 is 45.2 Å². The summed E-state index contributed by atoms with van der Waals surface area (Å²) >= 11 is 4.42. The fraction of sp³-hybridized carbons (Fsp3) is 0.143. The molecule has 0 spiro atoms. The van der Waals surface area contributed by atoms with Crippen LogP contribution in [-0.2, 0) is 6.61 Å². The topological polar surface area (TPSA) is 97.0 Å². The van der Waals surface area contributed by atoms with Gasteiger partial charge in [0.05, 0.1) is 13.1 Å². The van der Waals surface area contributed by atoms with Crippen molar-refractivity contribution < 1.29 is 13.9 Å². The highest BCUT2D eigenvalue weighted by Gasteiger charge is 2.34. The summed E-state index contributed by atoms with van der Waals surface area (Å²) in [7, 11) is 0. The van der Waals surface area contributed by atoms with Gasteiger partial charge in [-0.05, 0) is 87.5 Å². The van der Waals surface area contributed by atoms with E-state index in [1.54, 1.807) is 12.1 Å². The van der Waals surface area contributed by atoms with Gasteiger partial charge in [0.15, 0.2) is 0 Å². The van der Waals surface area contributed by atoms with Gasteiger partial charge in [0.2, 0.25) is 11.8 Å². The molecule has 1 aromatic heterocycles. The number of hydrogen-bond donors (Lipinski definition) is 2.